The molecule has 1 aliphatic carbocycles. The molecule has 1 fully saturated rings. The molecule has 0 radical (unpaired) electrons. The van der Waals surface area contributed by atoms with Gasteiger partial charge in [-0.05, 0) is 37.0 Å². The van der Waals surface area contributed by atoms with Gasteiger partial charge in [-0.1, -0.05) is 12.1 Å². The number of ether oxygens (including phenoxy) is 1. The van der Waals surface area contributed by atoms with Gasteiger partial charge in [0.15, 0.2) is 0 Å². The Hall–Kier alpha value is -1.60. The quantitative estimate of drug-likeness (QED) is 0.891. The molecule has 3 atom stereocenters. The minimum atomic E-state index is -4.35. The molecule has 0 heterocycles. The van der Waals surface area contributed by atoms with Crippen molar-refractivity contribution in [2.75, 3.05) is 7.11 Å². The Balaban J connectivity index is 1.85. The lowest BCUT2D eigenvalue weighted by molar-refractivity contribution is -0.137. The summed E-state index contributed by atoms with van der Waals surface area (Å²) in [5.74, 6) is -0.291. The fourth-order valence-corrected chi connectivity index (χ4v) is 2.85. The van der Waals surface area contributed by atoms with Crippen LogP contribution in [0.1, 0.15) is 30.4 Å². The van der Waals surface area contributed by atoms with Crippen LogP contribution in [-0.2, 0) is 22.3 Å². The van der Waals surface area contributed by atoms with E-state index >= 15 is 0 Å². The van der Waals surface area contributed by atoms with Crippen molar-refractivity contribution in [1.29, 1.82) is 0 Å². The molecule has 3 N–H and O–H groups in total. The number of hydrogen-bond acceptors (Lipinski definition) is 3. The maximum absolute atomic E-state index is 12.5. The monoisotopic (exact) mass is 330 g/mol. The van der Waals surface area contributed by atoms with Crippen LogP contribution >= 0.6 is 0 Å². The first-order valence-corrected chi connectivity index (χ1v) is 7.53. The summed E-state index contributed by atoms with van der Waals surface area (Å²) in [6.07, 6.45) is -2.38. The second kappa shape index (κ2) is 7.31. The van der Waals surface area contributed by atoms with E-state index in [0.29, 0.717) is 18.4 Å². The minimum absolute atomic E-state index is 0.0195. The second-order valence-corrected chi connectivity index (χ2v) is 5.86. The molecular formula is C16H21F3N2O2. The Morgan fingerprint density at radius 3 is 2.48 bits per heavy atom. The molecule has 0 bridgehead atoms. The number of nitrogens with two attached hydrogens (primary N) is 1. The Kier molecular flexibility index (Phi) is 5.64. The predicted molar refractivity (Wildman–Crippen MR) is 79.4 cm³/mol. The first-order chi connectivity index (χ1) is 10.8. The number of benzene rings is 1. The first kappa shape index (κ1) is 17.7. The van der Waals surface area contributed by atoms with Gasteiger partial charge in [0.25, 0.3) is 0 Å². The fourth-order valence-electron chi connectivity index (χ4n) is 2.85. The Morgan fingerprint density at radius 2 is 1.96 bits per heavy atom. The zero-order valence-corrected chi connectivity index (χ0v) is 12.9. The van der Waals surface area contributed by atoms with Crippen LogP contribution in [0.2, 0.25) is 0 Å². The maximum Gasteiger partial charge on any atom is 0.416 e. The van der Waals surface area contributed by atoms with Crippen LogP contribution in [0.25, 0.3) is 0 Å². The van der Waals surface area contributed by atoms with Gasteiger partial charge in [-0.15, -0.1) is 0 Å². The molecule has 1 aliphatic rings. The molecule has 0 aliphatic heterocycles. The fraction of sp³-hybridized carbons (Fsp3) is 0.562. The van der Waals surface area contributed by atoms with Gasteiger partial charge in [0.1, 0.15) is 0 Å². The normalized spacial score (nSPS) is 25.2. The summed E-state index contributed by atoms with van der Waals surface area (Å²) in [4.78, 5) is 12.2. The van der Waals surface area contributed by atoms with E-state index in [4.69, 9.17) is 10.5 Å². The van der Waals surface area contributed by atoms with Crippen LogP contribution in [0.15, 0.2) is 24.3 Å². The molecule has 1 aromatic rings. The van der Waals surface area contributed by atoms with Gasteiger partial charge in [0.05, 0.1) is 11.7 Å². The molecule has 1 saturated carbocycles. The third-order valence-corrected chi connectivity index (χ3v) is 4.26. The lowest BCUT2D eigenvalue weighted by atomic mass is 9.83. The largest absolute Gasteiger partial charge is 0.416 e. The number of hydrogen-bond donors (Lipinski definition) is 2. The summed E-state index contributed by atoms with van der Waals surface area (Å²) >= 11 is 0. The molecule has 128 valence electrons. The summed E-state index contributed by atoms with van der Waals surface area (Å²) < 4.78 is 42.7. The van der Waals surface area contributed by atoms with Gasteiger partial charge < -0.3 is 15.8 Å². The lowest BCUT2D eigenvalue weighted by Gasteiger charge is -2.32. The van der Waals surface area contributed by atoms with Crippen molar-refractivity contribution in [2.45, 2.75) is 44.1 Å². The number of amides is 1. The summed E-state index contributed by atoms with van der Waals surface area (Å²) in [5.41, 5.74) is 5.90. The molecule has 0 saturated heterocycles. The van der Waals surface area contributed by atoms with E-state index in [-0.39, 0.29) is 30.5 Å². The standard InChI is InChI=1S/C16H21F3N2O2/c1-23-14-7-4-11(8-13(14)20)15(22)21-9-10-2-5-12(6-3-10)16(17,18)19/h2-3,5-6,11,13-14H,4,7-9,20H2,1H3,(H,21,22)/t11-,13+,14+/m0/s1. The van der Waals surface area contributed by atoms with E-state index in [0.717, 1.165) is 18.6 Å². The smallest absolute Gasteiger partial charge is 0.380 e. The summed E-state index contributed by atoms with van der Waals surface area (Å²) in [6, 6.07) is 4.60. The third-order valence-electron chi connectivity index (χ3n) is 4.26. The Morgan fingerprint density at radius 1 is 1.30 bits per heavy atom. The highest BCUT2D eigenvalue weighted by molar-refractivity contribution is 5.78. The average molecular weight is 330 g/mol. The average Bonchev–Trinajstić information content (AvgIpc) is 2.52. The molecule has 23 heavy (non-hydrogen) atoms. The predicted octanol–water partition coefficient (Wildman–Crippen LogP) is 2.46. The number of methoxy groups -OCH3 is 1. The van der Waals surface area contributed by atoms with Crippen LogP contribution in [0.4, 0.5) is 13.2 Å². The van der Waals surface area contributed by atoms with Crippen molar-refractivity contribution >= 4 is 5.91 Å². The molecule has 0 unspecified atom stereocenters. The number of alkyl halides is 3. The number of rotatable bonds is 4. The second-order valence-electron chi connectivity index (χ2n) is 5.86. The number of halogens is 3. The van der Waals surface area contributed by atoms with Gasteiger partial charge in [0, 0.05) is 25.6 Å². The zero-order chi connectivity index (χ0) is 17.0. The summed E-state index contributed by atoms with van der Waals surface area (Å²) in [6.45, 7) is 0.205. The summed E-state index contributed by atoms with van der Waals surface area (Å²) in [7, 11) is 1.61. The van der Waals surface area contributed by atoms with Crippen LogP contribution in [0.3, 0.4) is 0 Å². The van der Waals surface area contributed by atoms with Gasteiger partial charge >= 0.3 is 6.18 Å². The molecule has 7 heteroatoms. The van der Waals surface area contributed by atoms with E-state index in [1.807, 2.05) is 0 Å². The number of nitrogens with one attached hydrogen (secondary N) is 1. The van der Waals surface area contributed by atoms with Crippen LogP contribution < -0.4 is 11.1 Å². The van der Waals surface area contributed by atoms with E-state index in [1.165, 1.54) is 12.1 Å². The van der Waals surface area contributed by atoms with Crippen LogP contribution in [0.5, 0.6) is 0 Å². The highest BCUT2D eigenvalue weighted by Gasteiger charge is 2.32. The molecule has 0 spiro atoms. The van der Waals surface area contributed by atoms with Gasteiger partial charge in [-0.2, -0.15) is 13.2 Å². The first-order valence-electron chi connectivity index (χ1n) is 7.53. The molecule has 2 rings (SSSR count). The van der Waals surface area contributed by atoms with Crippen molar-refractivity contribution in [3.8, 4) is 0 Å². The Labute approximate surface area is 133 Å². The molecular weight excluding hydrogens is 309 g/mol. The highest BCUT2D eigenvalue weighted by atomic mass is 19.4. The van der Waals surface area contributed by atoms with Gasteiger partial charge in [0.2, 0.25) is 5.91 Å². The van der Waals surface area contributed by atoms with E-state index in [1.54, 1.807) is 7.11 Å². The van der Waals surface area contributed by atoms with Gasteiger partial charge in [-0.25, -0.2) is 0 Å². The highest BCUT2D eigenvalue weighted by Crippen LogP contribution is 2.29. The topological polar surface area (TPSA) is 64.3 Å². The van der Waals surface area contributed by atoms with E-state index in [2.05, 4.69) is 5.32 Å². The van der Waals surface area contributed by atoms with Crippen molar-refractivity contribution < 1.29 is 22.7 Å². The maximum atomic E-state index is 12.5. The van der Waals surface area contributed by atoms with E-state index in [9.17, 15) is 18.0 Å². The molecule has 0 aromatic heterocycles. The Bertz CT molecular complexity index is 531. The van der Waals surface area contributed by atoms with Crippen molar-refractivity contribution in [3.05, 3.63) is 35.4 Å². The number of carbonyl (C=O) groups excluding carboxylic acids is 1. The SMILES string of the molecule is CO[C@@H]1CC[C@H](C(=O)NCc2ccc(C(F)(F)F)cc2)C[C@H]1N. The van der Waals surface area contributed by atoms with Crippen LogP contribution in [0, 0.1) is 5.92 Å². The summed E-state index contributed by atoms with van der Waals surface area (Å²) in [5, 5.41) is 2.76. The lowest BCUT2D eigenvalue weighted by Crippen LogP contribution is -2.45. The number of carbonyl (C=O) groups is 1. The molecule has 1 amide bonds. The minimum Gasteiger partial charge on any atom is -0.380 e. The van der Waals surface area contributed by atoms with Crippen molar-refractivity contribution in [1.82, 2.24) is 5.32 Å². The third kappa shape index (κ3) is 4.68. The zero-order valence-electron chi connectivity index (χ0n) is 12.9. The van der Waals surface area contributed by atoms with Gasteiger partial charge in [-0.3, -0.25) is 4.79 Å². The molecule has 4 nitrogen and oxygen atoms in total. The van der Waals surface area contributed by atoms with Crippen molar-refractivity contribution in [3.63, 3.8) is 0 Å². The van der Waals surface area contributed by atoms with E-state index < -0.39 is 11.7 Å². The van der Waals surface area contributed by atoms with Crippen LogP contribution in [-0.4, -0.2) is 25.2 Å². The van der Waals surface area contributed by atoms with Crippen molar-refractivity contribution in [2.24, 2.45) is 11.7 Å². The molecule has 1 aromatic carbocycles.